The summed E-state index contributed by atoms with van der Waals surface area (Å²) in [6.45, 7) is 18.7. The molecule has 0 aliphatic carbocycles. The number of carboxylic acid groups (broad SMARTS) is 1. The van der Waals surface area contributed by atoms with Crippen molar-refractivity contribution in [3.63, 3.8) is 0 Å². The van der Waals surface area contributed by atoms with Gasteiger partial charge in [0.2, 0.25) is 0 Å². The van der Waals surface area contributed by atoms with Crippen LogP contribution in [-0.2, 0) is 14.3 Å². The number of allylic oxidation sites excluding steroid dienone is 1. The number of hydrogen-bond donors (Lipinski definition) is 1. The maximum Gasteiger partial charge on any atom is 1.00 e. The molecule has 27 heavy (non-hydrogen) atoms. The third-order valence-corrected chi connectivity index (χ3v) is 2.96. The maximum atomic E-state index is 10.9. The summed E-state index contributed by atoms with van der Waals surface area (Å²) in [5.74, 6) is -0.531. The van der Waals surface area contributed by atoms with Crippen LogP contribution in [-0.4, -0.2) is 47.0 Å². The van der Waals surface area contributed by atoms with Gasteiger partial charge in [-0.15, -0.1) is 13.1 Å². The van der Waals surface area contributed by atoms with Crippen molar-refractivity contribution in [3.8, 4) is 0 Å². The van der Waals surface area contributed by atoms with Gasteiger partial charge in [-0.3, -0.25) is 0 Å². The summed E-state index contributed by atoms with van der Waals surface area (Å²) in [6.07, 6.45) is 5.07. The quantitative estimate of drug-likeness (QED) is 0.167. The van der Waals surface area contributed by atoms with Gasteiger partial charge in [0, 0.05) is 5.57 Å². The predicted molar refractivity (Wildman–Crippen MR) is 106 cm³/mol. The topological polar surface area (TPSA) is 79.2 Å². The molecule has 0 spiro atoms. The monoisotopic (exact) mass is 392 g/mol. The molecule has 0 aromatic rings. The van der Waals surface area contributed by atoms with Crippen LogP contribution in [0, 0.1) is 13.8 Å². The molecular formula is C19H30ClLiN2O4-2. The Morgan fingerprint density at radius 1 is 1.33 bits per heavy atom. The van der Waals surface area contributed by atoms with Crippen molar-refractivity contribution in [1.82, 2.24) is 4.90 Å². The number of aliphatic imine (C=N–C) groups is 1. The van der Waals surface area contributed by atoms with E-state index in [1.165, 1.54) is 19.5 Å². The molecular weight excluding hydrogens is 363 g/mol. The molecule has 0 unspecified atom stereocenters. The minimum absolute atomic E-state index is 0. The normalized spacial score (nSPS) is 12.4. The fourth-order valence-electron chi connectivity index (χ4n) is 1.33. The Kier molecular flexibility index (Phi) is 19.1. The van der Waals surface area contributed by atoms with Crippen LogP contribution in [0.3, 0.4) is 0 Å². The largest absolute Gasteiger partial charge is 1.00 e. The summed E-state index contributed by atoms with van der Waals surface area (Å²) in [6, 6.07) is 0. The number of aliphatic carboxylic acids is 1. The van der Waals surface area contributed by atoms with Gasteiger partial charge in [-0.1, -0.05) is 31.4 Å². The summed E-state index contributed by atoms with van der Waals surface area (Å²) in [5, 5.41) is 9.26. The van der Waals surface area contributed by atoms with Crippen molar-refractivity contribution >= 4 is 29.9 Å². The first kappa shape index (κ1) is 30.5. The van der Waals surface area contributed by atoms with E-state index in [-0.39, 0.29) is 30.0 Å². The van der Waals surface area contributed by atoms with Crippen molar-refractivity contribution in [2.45, 2.75) is 53.1 Å². The van der Waals surface area contributed by atoms with Gasteiger partial charge in [-0.05, 0) is 46.3 Å². The molecule has 0 saturated carbocycles. The average Bonchev–Trinajstić information content (AvgIpc) is 2.53. The molecule has 0 amide bonds. The van der Waals surface area contributed by atoms with Gasteiger partial charge in [0.25, 0.3) is 0 Å². The van der Waals surface area contributed by atoms with Gasteiger partial charge < -0.3 is 33.4 Å². The molecule has 8 heteroatoms. The minimum Gasteiger partial charge on any atom is -0.649 e. The molecule has 0 fully saturated rings. The van der Waals surface area contributed by atoms with Crippen molar-refractivity contribution in [2.24, 2.45) is 4.99 Å². The Hall–Kier alpha value is -1.22. The van der Waals surface area contributed by atoms with Crippen molar-refractivity contribution in [2.75, 3.05) is 13.1 Å². The van der Waals surface area contributed by atoms with E-state index in [1.54, 1.807) is 31.7 Å². The molecule has 0 aliphatic rings. The van der Waals surface area contributed by atoms with Crippen molar-refractivity contribution < 1.29 is 38.3 Å². The number of unbranched alkanes of at least 4 members (excludes halogenated alkanes) is 1. The molecule has 0 aromatic carbocycles. The zero-order chi connectivity index (χ0) is 20.8. The smallest absolute Gasteiger partial charge is 0.649 e. The van der Waals surface area contributed by atoms with Crippen LogP contribution < -0.4 is 18.9 Å². The zero-order valence-corrected chi connectivity index (χ0v) is 18.1. The second-order valence-electron chi connectivity index (χ2n) is 6.20. The first-order valence-electron chi connectivity index (χ1n) is 8.26. The fourth-order valence-corrected chi connectivity index (χ4v) is 1.53. The van der Waals surface area contributed by atoms with E-state index in [2.05, 4.69) is 23.6 Å². The second-order valence-corrected chi connectivity index (χ2v) is 6.59. The molecule has 0 saturated heterocycles. The van der Waals surface area contributed by atoms with Gasteiger partial charge in [0.15, 0.2) is 0 Å². The van der Waals surface area contributed by atoms with E-state index in [9.17, 15) is 9.59 Å². The van der Waals surface area contributed by atoms with Crippen LogP contribution in [0.5, 0.6) is 0 Å². The Morgan fingerprint density at radius 2 is 1.85 bits per heavy atom. The van der Waals surface area contributed by atoms with E-state index in [0.29, 0.717) is 24.1 Å². The summed E-state index contributed by atoms with van der Waals surface area (Å²) >= 11 is 6.00. The first-order valence-corrected chi connectivity index (χ1v) is 8.64. The van der Waals surface area contributed by atoms with E-state index in [1.807, 2.05) is 6.92 Å². The van der Waals surface area contributed by atoms with Crippen LogP contribution >= 0.6 is 11.6 Å². The van der Waals surface area contributed by atoms with Crippen LogP contribution in [0.4, 0.5) is 0 Å². The zero-order valence-electron chi connectivity index (χ0n) is 17.3. The summed E-state index contributed by atoms with van der Waals surface area (Å²) in [7, 11) is 0. The SMILES string of the molecule is CC(C)(C)O[C-]=O.[CH2-]CN(C[CH2-])C(/C=C(\C)C(=O)O)=N/C(Cl)=C/CCC.[Li+]. The Bertz CT molecular complexity index is 522. The third kappa shape index (κ3) is 17.9. The van der Waals surface area contributed by atoms with Crippen molar-refractivity contribution in [1.29, 1.82) is 0 Å². The van der Waals surface area contributed by atoms with Gasteiger partial charge in [0.05, 0.1) is 5.60 Å². The molecule has 0 aromatic heterocycles. The van der Waals surface area contributed by atoms with Crippen LogP contribution in [0.2, 0.25) is 0 Å². The van der Waals surface area contributed by atoms with Gasteiger partial charge in [-0.25, -0.2) is 9.79 Å². The molecule has 0 heterocycles. The number of carbonyl (C=O) groups is 1. The van der Waals surface area contributed by atoms with E-state index >= 15 is 0 Å². The maximum absolute atomic E-state index is 10.9. The number of hydrogen-bond acceptors (Lipinski definition) is 4. The molecule has 0 rings (SSSR count). The molecule has 0 radical (unpaired) electrons. The fraction of sp³-hybridized carbons (Fsp3) is 0.526. The number of halogens is 1. The Balaban J connectivity index is -0.000000612. The predicted octanol–water partition coefficient (Wildman–Crippen LogP) is 1.14. The molecule has 0 aliphatic heterocycles. The van der Waals surface area contributed by atoms with Crippen LogP contribution in [0.15, 0.2) is 27.9 Å². The average molecular weight is 393 g/mol. The Morgan fingerprint density at radius 3 is 2.15 bits per heavy atom. The number of ether oxygens (including phenoxy) is 1. The van der Waals surface area contributed by atoms with Crippen molar-refractivity contribution in [3.05, 3.63) is 36.7 Å². The Labute approximate surface area is 180 Å². The number of amidine groups is 1. The molecule has 6 nitrogen and oxygen atoms in total. The number of nitrogens with zero attached hydrogens (tertiary/aromatic N) is 2. The van der Waals surface area contributed by atoms with Gasteiger partial charge >= 0.3 is 24.8 Å². The van der Waals surface area contributed by atoms with E-state index < -0.39 is 5.97 Å². The first-order chi connectivity index (χ1) is 12.0. The van der Waals surface area contributed by atoms with E-state index in [4.69, 9.17) is 16.7 Å². The van der Waals surface area contributed by atoms with Crippen LogP contribution in [0.25, 0.3) is 0 Å². The standard InChI is InChI=1S/C14H21ClN2O2.C5H9O2.Li/c1-5-8-9-12(15)16-13(17(6-2)7-3)10-11(4)14(18)19;1-5(2,3)7-4-6;/h9-10H,2-3,5-8H2,1,4H3,(H,18,19);1-3H3;/q-2;-1;+1/b11-10+,12-9+,16-13+;;. The summed E-state index contributed by atoms with van der Waals surface area (Å²) in [5.41, 5.74) is -0.188. The third-order valence-electron chi connectivity index (χ3n) is 2.72. The van der Waals surface area contributed by atoms with Gasteiger partial charge in [0.1, 0.15) is 11.0 Å². The van der Waals surface area contributed by atoms with Gasteiger partial charge in [-0.2, -0.15) is 0 Å². The number of rotatable bonds is 8. The molecule has 0 bridgehead atoms. The summed E-state index contributed by atoms with van der Waals surface area (Å²) < 4.78 is 4.42. The molecule has 0 atom stereocenters. The number of carboxylic acids is 1. The summed E-state index contributed by atoms with van der Waals surface area (Å²) in [4.78, 5) is 26.3. The van der Waals surface area contributed by atoms with Crippen LogP contribution in [0.1, 0.15) is 47.5 Å². The van der Waals surface area contributed by atoms with E-state index in [0.717, 1.165) is 12.8 Å². The minimum atomic E-state index is -0.991. The second kappa shape index (κ2) is 16.9. The molecule has 1 N–H and O–H groups in total. The molecule has 150 valence electrons. The number of carbonyl (C=O) groups excluding carboxylic acids is 1.